The highest BCUT2D eigenvalue weighted by molar-refractivity contribution is 5.94. The molecule has 4 atom stereocenters. The Labute approximate surface area is 192 Å². The Morgan fingerprint density at radius 1 is 1.09 bits per heavy atom. The van der Waals surface area contributed by atoms with Crippen LogP contribution in [-0.4, -0.2) is 91.8 Å². The largest absolute Gasteiger partial charge is 0.497 e. The highest BCUT2D eigenvalue weighted by Crippen LogP contribution is 2.28. The average molecular weight is 460 g/mol. The topological polar surface area (TPSA) is 94.5 Å². The molecule has 4 unspecified atom stereocenters. The lowest BCUT2D eigenvalue weighted by atomic mass is 10.0. The Kier molecular flexibility index (Phi) is 7.44. The first-order chi connectivity index (χ1) is 16.0. The van der Waals surface area contributed by atoms with Crippen molar-refractivity contribution in [2.45, 2.75) is 24.4 Å². The number of aliphatic hydroxyl groups is 2. The van der Waals surface area contributed by atoms with E-state index in [0.717, 1.165) is 5.69 Å². The van der Waals surface area contributed by atoms with Gasteiger partial charge in [-0.3, -0.25) is 9.69 Å². The number of carbonyl (C=O) groups is 1. The predicted molar refractivity (Wildman–Crippen MR) is 121 cm³/mol. The smallest absolute Gasteiger partial charge is 0.251 e. The van der Waals surface area contributed by atoms with Crippen molar-refractivity contribution in [2.75, 3.05) is 51.3 Å². The summed E-state index contributed by atoms with van der Waals surface area (Å²) in [5.74, 6) is 0.153. The molecule has 1 amide bonds. The molecule has 178 valence electrons. The van der Waals surface area contributed by atoms with Crippen molar-refractivity contribution in [3.63, 3.8) is 0 Å². The van der Waals surface area contributed by atoms with Crippen molar-refractivity contribution in [2.24, 2.45) is 0 Å². The molecule has 4 rings (SSSR count). The van der Waals surface area contributed by atoms with E-state index in [1.165, 1.54) is 12.1 Å². The predicted octanol–water partition coefficient (Wildman–Crippen LogP) is 0.876. The number of piperazine rings is 1. The standard InChI is InChI=1S/C24H30FN3O5/c1-32-19-8-2-16(3-9-19)24(31)26-14-20-22(23(30)21(15-29)33-20)28-12-10-27(11-13-28)18-6-4-17(25)5-7-18/h2-9,20-23,29-30H,10-15H2,1H3,(H,26,31). The molecule has 2 aliphatic heterocycles. The number of nitrogens with one attached hydrogen (secondary N) is 1. The number of rotatable bonds is 7. The molecule has 0 bridgehead atoms. The normalized spacial score (nSPS) is 25.8. The third-order valence-electron chi connectivity index (χ3n) is 6.38. The van der Waals surface area contributed by atoms with Crippen LogP contribution in [0.25, 0.3) is 0 Å². The van der Waals surface area contributed by atoms with E-state index in [9.17, 15) is 19.4 Å². The first-order valence-electron chi connectivity index (χ1n) is 11.1. The number of anilines is 1. The first-order valence-corrected chi connectivity index (χ1v) is 11.1. The van der Waals surface area contributed by atoms with Crippen LogP contribution < -0.4 is 15.0 Å². The van der Waals surface area contributed by atoms with E-state index in [4.69, 9.17) is 9.47 Å². The lowest BCUT2D eigenvalue weighted by Gasteiger charge is -2.41. The fourth-order valence-electron chi connectivity index (χ4n) is 4.56. The maximum atomic E-state index is 13.2. The molecule has 33 heavy (non-hydrogen) atoms. The number of ether oxygens (including phenoxy) is 2. The first kappa shape index (κ1) is 23.4. The maximum absolute atomic E-state index is 13.2. The van der Waals surface area contributed by atoms with Gasteiger partial charge >= 0.3 is 0 Å². The van der Waals surface area contributed by atoms with Gasteiger partial charge in [0.2, 0.25) is 0 Å². The summed E-state index contributed by atoms with van der Waals surface area (Å²) in [4.78, 5) is 16.9. The summed E-state index contributed by atoms with van der Waals surface area (Å²) in [5.41, 5.74) is 1.45. The number of hydrogen-bond acceptors (Lipinski definition) is 7. The number of benzene rings is 2. The molecule has 0 spiro atoms. The summed E-state index contributed by atoms with van der Waals surface area (Å²) in [7, 11) is 1.56. The van der Waals surface area contributed by atoms with Crippen molar-refractivity contribution in [1.29, 1.82) is 0 Å². The van der Waals surface area contributed by atoms with Crippen molar-refractivity contribution >= 4 is 11.6 Å². The van der Waals surface area contributed by atoms with E-state index >= 15 is 0 Å². The van der Waals surface area contributed by atoms with Crippen LogP contribution in [-0.2, 0) is 4.74 Å². The molecule has 2 saturated heterocycles. The third kappa shape index (κ3) is 5.27. The van der Waals surface area contributed by atoms with E-state index in [1.807, 2.05) is 0 Å². The van der Waals surface area contributed by atoms with Gasteiger partial charge in [-0.1, -0.05) is 0 Å². The molecule has 0 aliphatic carbocycles. The highest BCUT2D eigenvalue weighted by Gasteiger charge is 2.46. The maximum Gasteiger partial charge on any atom is 0.251 e. The molecule has 3 N–H and O–H groups in total. The molecule has 8 nitrogen and oxygen atoms in total. The molecule has 0 saturated carbocycles. The number of methoxy groups -OCH3 is 1. The highest BCUT2D eigenvalue weighted by atomic mass is 19.1. The van der Waals surface area contributed by atoms with Gasteiger partial charge in [-0.25, -0.2) is 4.39 Å². The Morgan fingerprint density at radius 3 is 2.36 bits per heavy atom. The van der Waals surface area contributed by atoms with E-state index in [0.29, 0.717) is 37.5 Å². The summed E-state index contributed by atoms with van der Waals surface area (Å²) in [5, 5.41) is 23.3. The number of halogens is 1. The number of hydrogen-bond donors (Lipinski definition) is 3. The molecular formula is C24H30FN3O5. The van der Waals surface area contributed by atoms with Crippen LogP contribution in [0.4, 0.5) is 10.1 Å². The Hall–Kier alpha value is -2.72. The Balaban J connectivity index is 1.38. The minimum Gasteiger partial charge on any atom is -0.497 e. The summed E-state index contributed by atoms with van der Waals surface area (Å²) in [6.07, 6.45) is -2.03. The Bertz CT molecular complexity index is 919. The van der Waals surface area contributed by atoms with Gasteiger partial charge in [0.15, 0.2) is 0 Å². The van der Waals surface area contributed by atoms with Gasteiger partial charge in [0.05, 0.1) is 25.9 Å². The minimum absolute atomic E-state index is 0.210. The second-order valence-electron chi connectivity index (χ2n) is 8.31. The monoisotopic (exact) mass is 459 g/mol. The molecule has 2 heterocycles. The SMILES string of the molecule is COc1ccc(C(=O)NCC2OC(CO)C(O)C2N2CCN(c3ccc(F)cc3)CC2)cc1. The number of nitrogens with zero attached hydrogens (tertiary/aromatic N) is 2. The van der Waals surface area contributed by atoms with Gasteiger partial charge < -0.3 is 29.9 Å². The second-order valence-corrected chi connectivity index (χ2v) is 8.31. The molecule has 2 aromatic carbocycles. The van der Waals surface area contributed by atoms with Crippen molar-refractivity contribution < 1.29 is 28.9 Å². The van der Waals surface area contributed by atoms with Gasteiger partial charge in [0, 0.05) is 44.0 Å². The van der Waals surface area contributed by atoms with Gasteiger partial charge in [0.1, 0.15) is 23.8 Å². The summed E-state index contributed by atoms with van der Waals surface area (Å²) in [6, 6.07) is 12.9. The minimum atomic E-state index is -0.866. The lowest BCUT2D eigenvalue weighted by Crippen LogP contribution is -2.57. The molecule has 0 radical (unpaired) electrons. The van der Waals surface area contributed by atoms with Crippen LogP contribution in [0, 0.1) is 5.82 Å². The van der Waals surface area contributed by atoms with Gasteiger partial charge in [0.25, 0.3) is 5.91 Å². The quantitative estimate of drug-likeness (QED) is 0.566. The van der Waals surface area contributed by atoms with Crippen LogP contribution in [0.1, 0.15) is 10.4 Å². The summed E-state index contributed by atoms with van der Waals surface area (Å²) < 4.78 is 24.2. The zero-order valence-electron chi connectivity index (χ0n) is 18.6. The number of aliphatic hydroxyl groups excluding tert-OH is 2. The van der Waals surface area contributed by atoms with Crippen molar-refractivity contribution in [1.82, 2.24) is 10.2 Å². The van der Waals surface area contributed by atoms with Crippen LogP contribution in [0.5, 0.6) is 5.75 Å². The molecule has 2 aliphatic rings. The fourth-order valence-corrected chi connectivity index (χ4v) is 4.56. The van der Waals surface area contributed by atoms with Gasteiger partial charge in [-0.2, -0.15) is 0 Å². The zero-order valence-corrected chi connectivity index (χ0v) is 18.6. The van der Waals surface area contributed by atoms with Crippen LogP contribution in [0.15, 0.2) is 48.5 Å². The van der Waals surface area contributed by atoms with Crippen LogP contribution >= 0.6 is 0 Å². The van der Waals surface area contributed by atoms with E-state index < -0.39 is 18.3 Å². The zero-order chi connectivity index (χ0) is 23.4. The van der Waals surface area contributed by atoms with Crippen molar-refractivity contribution in [3.8, 4) is 5.75 Å². The summed E-state index contributed by atoms with van der Waals surface area (Å²) >= 11 is 0. The van der Waals surface area contributed by atoms with Gasteiger partial charge in [-0.05, 0) is 48.5 Å². The summed E-state index contributed by atoms with van der Waals surface area (Å²) in [6.45, 7) is 2.68. The molecular weight excluding hydrogens is 429 g/mol. The lowest BCUT2D eigenvalue weighted by molar-refractivity contribution is -0.0209. The molecule has 2 fully saturated rings. The van der Waals surface area contributed by atoms with Crippen molar-refractivity contribution in [3.05, 3.63) is 59.9 Å². The van der Waals surface area contributed by atoms with E-state index in [-0.39, 0.29) is 30.9 Å². The molecule has 2 aromatic rings. The average Bonchev–Trinajstić information content (AvgIpc) is 3.18. The van der Waals surface area contributed by atoms with E-state index in [1.54, 1.807) is 43.5 Å². The molecule has 0 aromatic heterocycles. The van der Waals surface area contributed by atoms with Crippen LogP contribution in [0.2, 0.25) is 0 Å². The second kappa shape index (κ2) is 10.5. The van der Waals surface area contributed by atoms with Crippen LogP contribution in [0.3, 0.4) is 0 Å². The number of carbonyl (C=O) groups excluding carboxylic acids is 1. The number of amides is 1. The fraction of sp³-hybridized carbons (Fsp3) is 0.458. The Morgan fingerprint density at radius 2 is 1.76 bits per heavy atom. The molecule has 9 heteroatoms. The van der Waals surface area contributed by atoms with Gasteiger partial charge in [-0.15, -0.1) is 0 Å². The van der Waals surface area contributed by atoms with E-state index in [2.05, 4.69) is 15.1 Å². The third-order valence-corrected chi connectivity index (χ3v) is 6.38.